The van der Waals surface area contributed by atoms with Crippen LogP contribution in [0.2, 0.25) is 5.02 Å². The third-order valence-corrected chi connectivity index (χ3v) is 4.78. The molecule has 0 unspecified atom stereocenters. The summed E-state index contributed by atoms with van der Waals surface area (Å²) in [6, 6.07) is 15.5. The number of nitrogens with one attached hydrogen (secondary N) is 2. The van der Waals surface area contributed by atoms with Gasteiger partial charge in [-0.25, -0.2) is 4.98 Å². The number of ether oxygens (including phenoxy) is 1. The van der Waals surface area contributed by atoms with Crippen LogP contribution >= 0.6 is 11.6 Å². The Morgan fingerprint density at radius 1 is 1.00 bits per heavy atom. The van der Waals surface area contributed by atoms with Crippen LogP contribution in [0, 0.1) is 0 Å². The molecule has 0 bridgehead atoms. The number of para-hydroxylation sites is 1. The molecule has 0 atom stereocenters. The molecule has 1 aromatic heterocycles. The van der Waals surface area contributed by atoms with Gasteiger partial charge in [-0.3, -0.25) is 4.90 Å². The van der Waals surface area contributed by atoms with Crippen molar-refractivity contribution >= 4 is 40.0 Å². The SMILES string of the molecule is Clc1ccc(Nc2nc(NCCN3CCOCC3)c3ccccc3n2)cc1. The second-order valence-corrected chi connectivity index (χ2v) is 6.86. The highest BCUT2D eigenvalue weighted by Crippen LogP contribution is 2.24. The third-order valence-electron chi connectivity index (χ3n) is 4.53. The van der Waals surface area contributed by atoms with Gasteiger partial charge in [-0.1, -0.05) is 23.7 Å². The van der Waals surface area contributed by atoms with Crippen LogP contribution in [0.4, 0.5) is 17.5 Å². The zero-order chi connectivity index (χ0) is 18.5. The highest BCUT2D eigenvalue weighted by Gasteiger charge is 2.11. The minimum absolute atomic E-state index is 0.560. The van der Waals surface area contributed by atoms with Gasteiger partial charge in [0.1, 0.15) is 5.82 Å². The topological polar surface area (TPSA) is 62.3 Å². The molecule has 140 valence electrons. The molecule has 0 saturated carbocycles. The molecule has 1 saturated heterocycles. The van der Waals surface area contributed by atoms with Gasteiger partial charge in [0, 0.05) is 42.3 Å². The van der Waals surface area contributed by atoms with Gasteiger partial charge in [0.05, 0.1) is 18.7 Å². The van der Waals surface area contributed by atoms with Gasteiger partial charge >= 0.3 is 0 Å². The van der Waals surface area contributed by atoms with E-state index in [1.165, 1.54) is 0 Å². The van der Waals surface area contributed by atoms with E-state index in [-0.39, 0.29) is 0 Å². The zero-order valence-corrected chi connectivity index (χ0v) is 15.7. The van der Waals surface area contributed by atoms with Gasteiger partial charge < -0.3 is 15.4 Å². The number of rotatable bonds is 6. The van der Waals surface area contributed by atoms with Crippen LogP contribution < -0.4 is 10.6 Å². The molecule has 0 aliphatic carbocycles. The first-order valence-corrected chi connectivity index (χ1v) is 9.49. The minimum Gasteiger partial charge on any atom is -0.379 e. The second-order valence-electron chi connectivity index (χ2n) is 6.43. The first kappa shape index (κ1) is 18.0. The summed E-state index contributed by atoms with van der Waals surface area (Å²) < 4.78 is 5.40. The molecule has 0 spiro atoms. The predicted molar refractivity (Wildman–Crippen MR) is 110 cm³/mol. The average molecular weight is 384 g/mol. The van der Waals surface area contributed by atoms with Crippen LogP contribution in [-0.4, -0.2) is 54.3 Å². The van der Waals surface area contributed by atoms with Crippen LogP contribution in [0.5, 0.6) is 0 Å². The summed E-state index contributed by atoms with van der Waals surface area (Å²) in [4.78, 5) is 11.7. The lowest BCUT2D eigenvalue weighted by atomic mass is 10.2. The van der Waals surface area contributed by atoms with E-state index in [1.807, 2.05) is 48.5 Å². The number of anilines is 3. The minimum atomic E-state index is 0.560. The summed E-state index contributed by atoms with van der Waals surface area (Å²) in [5.41, 5.74) is 1.80. The lowest BCUT2D eigenvalue weighted by Crippen LogP contribution is -2.39. The Labute approximate surface area is 163 Å². The van der Waals surface area contributed by atoms with Crippen LogP contribution in [-0.2, 0) is 4.74 Å². The highest BCUT2D eigenvalue weighted by atomic mass is 35.5. The molecule has 1 aliphatic heterocycles. The Kier molecular flexibility index (Phi) is 5.67. The summed E-state index contributed by atoms with van der Waals surface area (Å²) in [7, 11) is 0. The van der Waals surface area contributed by atoms with E-state index in [9.17, 15) is 0 Å². The van der Waals surface area contributed by atoms with Crippen molar-refractivity contribution in [3.05, 3.63) is 53.6 Å². The molecule has 4 rings (SSSR count). The second kappa shape index (κ2) is 8.52. The third kappa shape index (κ3) is 4.66. The van der Waals surface area contributed by atoms with Gasteiger partial charge in [0.25, 0.3) is 0 Å². The summed E-state index contributed by atoms with van der Waals surface area (Å²) in [6.45, 7) is 5.37. The lowest BCUT2D eigenvalue weighted by Gasteiger charge is -2.26. The van der Waals surface area contributed by atoms with Crippen molar-refractivity contribution in [3.8, 4) is 0 Å². The molecule has 2 aromatic carbocycles. The van der Waals surface area contributed by atoms with Crippen LogP contribution in [0.3, 0.4) is 0 Å². The Balaban J connectivity index is 1.51. The molecule has 27 heavy (non-hydrogen) atoms. The van der Waals surface area contributed by atoms with Gasteiger partial charge in [-0.15, -0.1) is 0 Å². The van der Waals surface area contributed by atoms with E-state index in [0.717, 1.165) is 61.8 Å². The molecular weight excluding hydrogens is 362 g/mol. The number of hydrogen-bond donors (Lipinski definition) is 2. The standard InChI is InChI=1S/C20H22ClN5O/c21-15-5-7-16(8-6-15)23-20-24-18-4-2-1-3-17(18)19(25-20)22-9-10-26-11-13-27-14-12-26/h1-8H,9-14H2,(H2,22,23,24,25). The van der Waals surface area contributed by atoms with Gasteiger partial charge in [-0.2, -0.15) is 4.98 Å². The first-order chi connectivity index (χ1) is 13.3. The highest BCUT2D eigenvalue weighted by molar-refractivity contribution is 6.30. The van der Waals surface area contributed by atoms with E-state index >= 15 is 0 Å². The number of benzene rings is 2. The number of hydrogen-bond acceptors (Lipinski definition) is 6. The average Bonchev–Trinajstić information content (AvgIpc) is 2.70. The number of fused-ring (bicyclic) bond motifs is 1. The number of morpholine rings is 1. The molecule has 0 radical (unpaired) electrons. The van der Waals surface area contributed by atoms with Crippen molar-refractivity contribution in [3.63, 3.8) is 0 Å². The lowest BCUT2D eigenvalue weighted by molar-refractivity contribution is 0.0398. The normalized spacial score (nSPS) is 15.0. The van der Waals surface area contributed by atoms with Crippen molar-refractivity contribution in [1.29, 1.82) is 0 Å². The summed E-state index contributed by atoms with van der Waals surface area (Å²) >= 11 is 5.96. The van der Waals surface area contributed by atoms with Crippen molar-refractivity contribution in [1.82, 2.24) is 14.9 Å². The molecule has 7 heteroatoms. The monoisotopic (exact) mass is 383 g/mol. The van der Waals surface area contributed by atoms with Gasteiger partial charge in [0.15, 0.2) is 0 Å². The van der Waals surface area contributed by atoms with Crippen LogP contribution in [0.15, 0.2) is 48.5 Å². The van der Waals surface area contributed by atoms with Crippen LogP contribution in [0.25, 0.3) is 10.9 Å². The van der Waals surface area contributed by atoms with Gasteiger partial charge in [-0.05, 0) is 36.4 Å². The molecule has 2 heterocycles. The molecule has 2 N–H and O–H groups in total. The molecule has 1 fully saturated rings. The molecule has 1 aliphatic rings. The molecule has 6 nitrogen and oxygen atoms in total. The molecule has 0 amide bonds. The van der Waals surface area contributed by atoms with Crippen molar-refractivity contribution in [2.45, 2.75) is 0 Å². The Morgan fingerprint density at radius 2 is 1.78 bits per heavy atom. The fourth-order valence-corrected chi connectivity index (χ4v) is 3.21. The summed E-state index contributed by atoms with van der Waals surface area (Å²) in [6.07, 6.45) is 0. The van der Waals surface area contributed by atoms with Crippen molar-refractivity contribution in [2.24, 2.45) is 0 Å². The van der Waals surface area contributed by atoms with Gasteiger partial charge in [0.2, 0.25) is 5.95 Å². The maximum absolute atomic E-state index is 5.96. The van der Waals surface area contributed by atoms with E-state index in [2.05, 4.69) is 20.5 Å². The Hall–Kier alpha value is -2.41. The van der Waals surface area contributed by atoms with Crippen molar-refractivity contribution < 1.29 is 4.74 Å². The maximum atomic E-state index is 5.96. The van der Waals surface area contributed by atoms with E-state index in [0.29, 0.717) is 11.0 Å². The predicted octanol–water partition coefficient (Wildman–Crippen LogP) is 3.77. The Morgan fingerprint density at radius 3 is 2.59 bits per heavy atom. The number of halogens is 1. The molecule has 3 aromatic rings. The fraction of sp³-hybridized carbons (Fsp3) is 0.300. The maximum Gasteiger partial charge on any atom is 0.229 e. The number of nitrogens with zero attached hydrogens (tertiary/aromatic N) is 3. The van der Waals surface area contributed by atoms with E-state index in [4.69, 9.17) is 21.3 Å². The largest absolute Gasteiger partial charge is 0.379 e. The van der Waals surface area contributed by atoms with Crippen LogP contribution in [0.1, 0.15) is 0 Å². The van der Waals surface area contributed by atoms with E-state index in [1.54, 1.807) is 0 Å². The quantitative estimate of drug-likeness (QED) is 0.675. The van der Waals surface area contributed by atoms with E-state index < -0.39 is 0 Å². The fourth-order valence-electron chi connectivity index (χ4n) is 3.09. The summed E-state index contributed by atoms with van der Waals surface area (Å²) in [5.74, 6) is 1.40. The van der Waals surface area contributed by atoms with Crippen molar-refractivity contribution in [2.75, 3.05) is 50.0 Å². The zero-order valence-electron chi connectivity index (χ0n) is 15.0. The number of aromatic nitrogens is 2. The smallest absolute Gasteiger partial charge is 0.229 e. The Bertz CT molecular complexity index is 897. The molecular formula is C20H22ClN5O. The first-order valence-electron chi connectivity index (χ1n) is 9.11. The summed E-state index contributed by atoms with van der Waals surface area (Å²) in [5, 5.41) is 8.45.